The first kappa shape index (κ1) is 13.9. The number of methoxy groups -OCH3 is 1. The lowest BCUT2D eigenvalue weighted by Gasteiger charge is -2.32. The number of ether oxygens (including phenoxy) is 1. The molecule has 16 heavy (non-hydrogen) atoms. The Bertz CT molecular complexity index is 160. The molecule has 0 bridgehead atoms. The molecule has 4 nitrogen and oxygen atoms in total. The summed E-state index contributed by atoms with van der Waals surface area (Å²) >= 11 is 0. The fourth-order valence-electron chi connectivity index (χ4n) is 2.08. The van der Waals surface area contributed by atoms with Crippen LogP contribution in [-0.4, -0.2) is 63.9 Å². The molecule has 1 atom stereocenters. The molecule has 0 aromatic carbocycles. The smallest absolute Gasteiger partial charge is 0.0474 e. The molecule has 0 aliphatic carbocycles. The van der Waals surface area contributed by atoms with Gasteiger partial charge in [-0.15, -0.1) is 0 Å². The summed E-state index contributed by atoms with van der Waals surface area (Å²) in [5.41, 5.74) is 0. The zero-order valence-electron chi connectivity index (χ0n) is 10.8. The van der Waals surface area contributed by atoms with E-state index in [4.69, 9.17) is 4.74 Å². The Morgan fingerprint density at radius 1 is 1.31 bits per heavy atom. The topological polar surface area (TPSA) is 36.5 Å². The van der Waals surface area contributed by atoms with Gasteiger partial charge >= 0.3 is 0 Å². The molecule has 0 saturated carbocycles. The van der Waals surface area contributed by atoms with Gasteiger partial charge in [0.05, 0.1) is 0 Å². The predicted molar refractivity (Wildman–Crippen MR) is 67.9 cm³/mol. The molecule has 0 aromatic heterocycles. The third kappa shape index (κ3) is 5.80. The summed E-state index contributed by atoms with van der Waals surface area (Å²) in [7, 11) is 1.76. The van der Waals surface area contributed by atoms with Gasteiger partial charge in [0.15, 0.2) is 0 Å². The van der Waals surface area contributed by atoms with Gasteiger partial charge in [0.1, 0.15) is 0 Å². The van der Waals surface area contributed by atoms with E-state index in [0.29, 0.717) is 6.04 Å². The zero-order valence-corrected chi connectivity index (χ0v) is 10.8. The maximum atomic E-state index is 5.01. The maximum Gasteiger partial charge on any atom is 0.0474 e. The molecule has 0 aromatic rings. The average Bonchev–Trinajstić information content (AvgIpc) is 2.34. The van der Waals surface area contributed by atoms with Gasteiger partial charge in [0.2, 0.25) is 0 Å². The number of nitrogens with one attached hydrogen (secondary N) is 2. The summed E-state index contributed by atoms with van der Waals surface area (Å²) in [5, 5.41) is 6.86. The Labute approximate surface area is 99.7 Å². The first-order chi connectivity index (χ1) is 7.84. The van der Waals surface area contributed by atoms with E-state index in [1.165, 1.54) is 19.5 Å². The molecule has 1 saturated heterocycles. The second-order valence-corrected chi connectivity index (χ2v) is 4.52. The number of hydrogen-bond acceptors (Lipinski definition) is 4. The minimum absolute atomic E-state index is 0.706. The van der Waals surface area contributed by atoms with Gasteiger partial charge in [0, 0.05) is 45.9 Å². The van der Waals surface area contributed by atoms with E-state index in [-0.39, 0.29) is 0 Å². The van der Waals surface area contributed by atoms with E-state index in [1.54, 1.807) is 7.11 Å². The van der Waals surface area contributed by atoms with E-state index in [9.17, 15) is 0 Å². The lowest BCUT2D eigenvalue weighted by molar-refractivity contribution is 0.174. The third-order valence-electron chi connectivity index (χ3n) is 3.22. The van der Waals surface area contributed by atoms with Crippen molar-refractivity contribution in [3.05, 3.63) is 0 Å². The number of rotatable bonds is 8. The Morgan fingerprint density at radius 3 is 2.75 bits per heavy atom. The Morgan fingerprint density at radius 2 is 2.06 bits per heavy atom. The van der Waals surface area contributed by atoms with Gasteiger partial charge in [-0.05, 0) is 32.9 Å². The summed E-state index contributed by atoms with van der Waals surface area (Å²) in [6.07, 6.45) is 2.35. The lowest BCUT2D eigenvalue weighted by atomic mass is 10.2. The molecule has 1 rings (SSSR count). The van der Waals surface area contributed by atoms with Crippen LogP contribution in [0.3, 0.4) is 0 Å². The molecule has 1 heterocycles. The molecule has 1 aliphatic rings. The van der Waals surface area contributed by atoms with Crippen LogP contribution in [0.4, 0.5) is 0 Å². The number of nitrogens with zero attached hydrogens (tertiary/aromatic N) is 1. The third-order valence-corrected chi connectivity index (χ3v) is 3.22. The molecule has 0 spiro atoms. The number of hydrogen-bond donors (Lipinski definition) is 2. The molecule has 1 fully saturated rings. The van der Waals surface area contributed by atoms with Crippen LogP contribution in [0.5, 0.6) is 0 Å². The first-order valence-corrected chi connectivity index (χ1v) is 6.49. The molecule has 0 radical (unpaired) electrons. The molecule has 0 amide bonds. The summed E-state index contributed by atoms with van der Waals surface area (Å²) < 4.78 is 5.01. The second kappa shape index (κ2) is 8.93. The van der Waals surface area contributed by atoms with Crippen molar-refractivity contribution >= 4 is 0 Å². The quantitative estimate of drug-likeness (QED) is 0.587. The van der Waals surface area contributed by atoms with Crippen molar-refractivity contribution in [2.45, 2.75) is 25.8 Å². The van der Waals surface area contributed by atoms with E-state index in [2.05, 4.69) is 22.5 Å². The van der Waals surface area contributed by atoms with Crippen LogP contribution in [0.15, 0.2) is 0 Å². The van der Waals surface area contributed by atoms with Gasteiger partial charge < -0.3 is 15.4 Å². The largest absolute Gasteiger partial charge is 0.385 e. The summed E-state index contributed by atoms with van der Waals surface area (Å²) in [4.78, 5) is 2.58. The van der Waals surface area contributed by atoms with Crippen LogP contribution in [0.1, 0.15) is 19.8 Å². The summed E-state index contributed by atoms with van der Waals surface area (Å²) in [6.45, 7) is 10.1. The first-order valence-electron chi connectivity index (χ1n) is 6.49. The zero-order chi connectivity index (χ0) is 11.6. The van der Waals surface area contributed by atoms with Crippen molar-refractivity contribution in [2.24, 2.45) is 0 Å². The van der Waals surface area contributed by atoms with Crippen molar-refractivity contribution in [3.63, 3.8) is 0 Å². The van der Waals surface area contributed by atoms with Gasteiger partial charge in [-0.1, -0.05) is 0 Å². The average molecular weight is 229 g/mol. The van der Waals surface area contributed by atoms with Crippen LogP contribution in [0.2, 0.25) is 0 Å². The highest BCUT2D eigenvalue weighted by molar-refractivity contribution is 4.73. The van der Waals surface area contributed by atoms with E-state index in [0.717, 1.165) is 39.2 Å². The van der Waals surface area contributed by atoms with Crippen LogP contribution in [-0.2, 0) is 4.74 Å². The fraction of sp³-hybridized carbons (Fsp3) is 1.00. The van der Waals surface area contributed by atoms with Crippen LogP contribution < -0.4 is 10.6 Å². The molecule has 1 aliphatic heterocycles. The standard InChI is InChI=1S/C12H27N3O/c1-12(15-9-7-14-8-10-15)4-6-13-5-3-11-16-2/h12-14H,3-11H2,1-2H3. The molecule has 4 heteroatoms. The van der Waals surface area contributed by atoms with Crippen molar-refractivity contribution in [1.29, 1.82) is 0 Å². The predicted octanol–water partition coefficient (Wildman–Crippen LogP) is 0.296. The number of piperazine rings is 1. The Hall–Kier alpha value is -0.160. The Kier molecular flexibility index (Phi) is 7.76. The molecule has 2 N–H and O–H groups in total. The monoisotopic (exact) mass is 229 g/mol. The van der Waals surface area contributed by atoms with Crippen LogP contribution in [0, 0.1) is 0 Å². The lowest BCUT2D eigenvalue weighted by Crippen LogP contribution is -2.48. The minimum Gasteiger partial charge on any atom is -0.385 e. The fourth-order valence-corrected chi connectivity index (χ4v) is 2.08. The summed E-state index contributed by atoms with van der Waals surface area (Å²) in [6, 6.07) is 0.706. The van der Waals surface area contributed by atoms with Crippen molar-refractivity contribution in [1.82, 2.24) is 15.5 Å². The van der Waals surface area contributed by atoms with Crippen molar-refractivity contribution in [3.8, 4) is 0 Å². The maximum absolute atomic E-state index is 5.01. The second-order valence-electron chi connectivity index (χ2n) is 4.52. The van der Waals surface area contributed by atoms with Crippen LogP contribution in [0.25, 0.3) is 0 Å². The molecule has 1 unspecified atom stereocenters. The molecule has 96 valence electrons. The highest BCUT2D eigenvalue weighted by Crippen LogP contribution is 2.03. The van der Waals surface area contributed by atoms with Gasteiger partial charge in [-0.2, -0.15) is 0 Å². The highest BCUT2D eigenvalue weighted by Gasteiger charge is 2.15. The molecular weight excluding hydrogens is 202 g/mol. The molecular formula is C12H27N3O. The summed E-state index contributed by atoms with van der Waals surface area (Å²) in [5.74, 6) is 0. The van der Waals surface area contributed by atoms with Crippen molar-refractivity contribution < 1.29 is 4.74 Å². The van der Waals surface area contributed by atoms with Gasteiger partial charge in [-0.25, -0.2) is 0 Å². The van der Waals surface area contributed by atoms with Crippen LogP contribution >= 0.6 is 0 Å². The van der Waals surface area contributed by atoms with Gasteiger partial charge in [-0.3, -0.25) is 4.90 Å². The van der Waals surface area contributed by atoms with E-state index in [1.807, 2.05) is 0 Å². The van der Waals surface area contributed by atoms with E-state index >= 15 is 0 Å². The minimum atomic E-state index is 0.706. The van der Waals surface area contributed by atoms with E-state index < -0.39 is 0 Å². The SMILES string of the molecule is COCCCNCCC(C)N1CCNCC1. The Balaban J connectivity index is 1.94. The normalized spacial score (nSPS) is 19.9. The van der Waals surface area contributed by atoms with Gasteiger partial charge in [0.25, 0.3) is 0 Å². The highest BCUT2D eigenvalue weighted by atomic mass is 16.5. The van der Waals surface area contributed by atoms with Crippen molar-refractivity contribution in [2.75, 3.05) is 53.0 Å².